The van der Waals surface area contributed by atoms with Crippen LogP contribution in [0.4, 0.5) is 0 Å². The lowest BCUT2D eigenvalue weighted by atomic mass is 9.95. The van der Waals surface area contributed by atoms with Gasteiger partial charge in [0.15, 0.2) is 0 Å². The fourth-order valence-electron chi connectivity index (χ4n) is 1.56. The molecule has 5 heteroatoms. The third-order valence-corrected chi connectivity index (χ3v) is 3.73. The van der Waals surface area contributed by atoms with Crippen molar-refractivity contribution in [1.29, 1.82) is 0 Å². The lowest BCUT2D eigenvalue weighted by Gasteiger charge is -2.37. The van der Waals surface area contributed by atoms with E-state index in [0.717, 1.165) is 0 Å². The number of hydrogen-bond donors (Lipinski definition) is 0. The van der Waals surface area contributed by atoms with E-state index in [4.69, 9.17) is 0 Å². The molecule has 14 heavy (non-hydrogen) atoms. The maximum Gasteiger partial charge on any atom is 0.211 e. The quantitative estimate of drug-likeness (QED) is 0.714. The molecule has 76 valence electrons. The molecule has 0 aromatic carbocycles. The van der Waals surface area contributed by atoms with Gasteiger partial charge in [-0.1, -0.05) is 0 Å². The minimum Gasteiger partial charge on any atom is -0.265 e. The molecule has 0 bridgehead atoms. The molecule has 0 atom stereocenters. The monoisotopic (exact) mass is 212 g/mol. The molecule has 0 amide bonds. The van der Waals surface area contributed by atoms with Gasteiger partial charge in [0.2, 0.25) is 10.0 Å². The van der Waals surface area contributed by atoms with Gasteiger partial charge < -0.3 is 0 Å². The minimum atomic E-state index is -2.99. The van der Waals surface area contributed by atoms with Gasteiger partial charge in [-0.3, -0.25) is 4.98 Å². The average Bonchev–Trinajstić information content (AvgIpc) is 2.00. The Hall–Kier alpha value is -0.940. The normalized spacial score (nSPS) is 19.2. The molecule has 1 aromatic rings. The Morgan fingerprint density at radius 3 is 2.43 bits per heavy atom. The standard InChI is InChI=1S/C9H12N2O2S/c1-14(12,13)11-6-9(7-11)8-2-4-10-5-3-8/h2-5,9H,6-7H2,1H3. The Kier molecular flexibility index (Phi) is 2.28. The molecule has 1 aromatic heterocycles. The molecule has 1 aliphatic heterocycles. The Labute approximate surface area is 83.6 Å². The first-order valence-corrected chi connectivity index (χ1v) is 6.27. The topological polar surface area (TPSA) is 50.3 Å². The van der Waals surface area contributed by atoms with Gasteiger partial charge in [-0.25, -0.2) is 12.7 Å². The van der Waals surface area contributed by atoms with Crippen molar-refractivity contribution in [2.75, 3.05) is 19.3 Å². The summed E-state index contributed by atoms with van der Waals surface area (Å²) in [5, 5.41) is 0. The van der Waals surface area contributed by atoms with Crippen LogP contribution < -0.4 is 0 Å². The van der Waals surface area contributed by atoms with E-state index < -0.39 is 10.0 Å². The fraction of sp³-hybridized carbons (Fsp3) is 0.444. The largest absolute Gasteiger partial charge is 0.265 e. The molecule has 0 N–H and O–H groups in total. The summed E-state index contributed by atoms with van der Waals surface area (Å²) in [6.45, 7) is 1.20. The van der Waals surface area contributed by atoms with Crippen molar-refractivity contribution in [3.05, 3.63) is 30.1 Å². The highest BCUT2D eigenvalue weighted by molar-refractivity contribution is 7.88. The molecule has 1 fully saturated rings. The van der Waals surface area contributed by atoms with Crippen LogP contribution in [0.1, 0.15) is 11.5 Å². The lowest BCUT2D eigenvalue weighted by molar-refractivity contribution is 0.266. The van der Waals surface area contributed by atoms with Gasteiger partial charge in [-0.15, -0.1) is 0 Å². The molecular formula is C9H12N2O2S. The zero-order chi connectivity index (χ0) is 10.2. The number of rotatable bonds is 2. The van der Waals surface area contributed by atoms with Crippen LogP contribution in [0.2, 0.25) is 0 Å². The van der Waals surface area contributed by atoms with E-state index in [0.29, 0.717) is 19.0 Å². The first-order valence-electron chi connectivity index (χ1n) is 4.42. The molecule has 0 aliphatic carbocycles. The zero-order valence-electron chi connectivity index (χ0n) is 7.92. The Morgan fingerprint density at radius 1 is 1.36 bits per heavy atom. The first-order chi connectivity index (χ1) is 6.57. The van der Waals surface area contributed by atoms with Crippen LogP contribution in [0.15, 0.2) is 24.5 Å². The molecule has 0 unspecified atom stereocenters. The number of nitrogens with zero attached hydrogens (tertiary/aromatic N) is 2. The van der Waals surface area contributed by atoms with Crippen LogP contribution in [0.5, 0.6) is 0 Å². The average molecular weight is 212 g/mol. The van der Waals surface area contributed by atoms with Crippen molar-refractivity contribution in [3.63, 3.8) is 0 Å². The predicted octanol–water partition coefficient (Wildman–Crippen LogP) is 0.440. The second-order valence-corrected chi connectivity index (χ2v) is 5.54. The summed E-state index contributed by atoms with van der Waals surface area (Å²) in [4.78, 5) is 3.92. The molecule has 1 aliphatic rings. The number of sulfonamides is 1. The fourth-order valence-corrected chi connectivity index (χ4v) is 2.46. The van der Waals surface area contributed by atoms with Crippen molar-refractivity contribution in [3.8, 4) is 0 Å². The minimum absolute atomic E-state index is 0.340. The van der Waals surface area contributed by atoms with Crippen molar-refractivity contribution in [2.24, 2.45) is 0 Å². The molecule has 4 nitrogen and oxygen atoms in total. The third-order valence-electron chi connectivity index (χ3n) is 2.49. The summed E-state index contributed by atoms with van der Waals surface area (Å²) in [5.74, 6) is 0.340. The zero-order valence-corrected chi connectivity index (χ0v) is 8.74. The van der Waals surface area contributed by atoms with E-state index in [1.54, 1.807) is 12.4 Å². The summed E-state index contributed by atoms with van der Waals surface area (Å²) >= 11 is 0. The molecule has 0 saturated carbocycles. The van der Waals surface area contributed by atoms with E-state index in [2.05, 4.69) is 4.98 Å². The van der Waals surface area contributed by atoms with Crippen molar-refractivity contribution in [2.45, 2.75) is 5.92 Å². The van der Waals surface area contributed by atoms with Gasteiger partial charge in [0.05, 0.1) is 6.26 Å². The van der Waals surface area contributed by atoms with Crippen molar-refractivity contribution >= 4 is 10.0 Å². The second kappa shape index (κ2) is 3.33. The maximum absolute atomic E-state index is 11.1. The number of pyridine rings is 1. The lowest BCUT2D eigenvalue weighted by Crippen LogP contribution is -2.47. The highest BCUT2D eigenvalue weighted by Gasteiger charge is 2.33. The smallest absolute Gasteiger partial charge is 0.211 e. The van der Waals surface area contributed by atoms with Gasteiger partial charge in [-0.2, -0.15) is 0 Å². The number of hydrogen-bond acceptors (Lipinski definition) is 3. The van der Waals surface area contributed by atoms with Crippen LogP contribution in [0, 0.1) is 0 Å². The summed E-state index contributed by atoms with van der Waals surface area (Å²) in [6, 6.07) is 3.87. The summed E-state index contributed by atoms with van der Waals surface area (Å²) in [5.41, 5.74) is 1.17. The summed E-state index contributed by atoms with van der Waals surface area (Å²) in [7, 11) is -2.99. The number of aromatic nitrogens is 1. The van der Waals surface area contributed by atoms with Gasteiger partial charge in [0, 0.05) is 31.4 Å². The maximum atomic E-state index is 11.1. The second-order valence-electron chi connectivity index (χ2n) is 3.56. The predicted molar refractivity (Wildman–Crippen MR) is 53.4 cm³/mol. The third kappa shape index (κ3) is 1.78. The Bertz CT molecular complexity index is 410. The first kappa shape index (κ1) is 9.61. The van der Waals surface area contributed by atoms with E-state index in [1.807, 2.05) is 12.1 Å². The summed E-state index contributed by atoms with van der Waals surface area (Å²) in [6.07, 6.45) is 4.71. The van der Waals surface area contributed by atoms with Crippen LogP contribution in [0.25, 0.3) is 0 Å². The summed E-state index contributed by atoms with van der Waals surface area (Å²) < 4.78 is 23.7. The van der Waals surface area contributed by atoms with Gasteiger partial charge in [-0.05, 0) is 17.7 Å². The van der Waals surface area contributed by atoms with Crippen LogP contribution >= 0.6 is 0 Å². The molecule has 0 spiro atoms. The van der Waals surface area contributed by atoms with Crippen LogP contribution in [-0.2, 0) is 10.0 Å². The Balaban J connectivity index is 2.03. The van der Waals surface area contributed by atoms with Gasteiger partial charge in [0.25, 0.3) is 0 Å². The molecule has 0 radical (unpaired) electrons. The van der Waals surface area contributed by atoms with Crippen molar-refractivity contribution in [1.82, 2.24) is 9.29 Å². The molecule has 1 saturated heterocycles. The van der Waals surface area contributed by atoms with Gasteiger partial charge in [0.1, 0.15) is 0 Å². The van der Waals surface area contributed by atoms with Crippen molar-refractivity contribution < 1.29 is 8.42 Å². The molecule has 2 rings (SSSR count). The molecule has 2 heterocycles. The SMILES string of the molecule is CS(=O)(=O)N1CC(c2ccncc2)C1. The molecular weight excluding hydrogens is 200 g/mol. The van der Waals surface area contributed by atoms with E-state index in [9.17, 15) is 8.42 Å². The highest BCUT2D eigenvalue weighted by Crippen LogP contribution is 2.27. The highest BCUT2D eigenvalue weighted by atomic mass is 32.2. The van der Waals surface area contributed by atoms with E-state index in [1.165, 1.54) is 16.1 Å². The van der Waals surface area contributed by atoms with E-state index in [-0.39, 0.29) is 0 Å². The van der Waals surface area contributed by atoms with Crippen LogP contribution in [0.3, 0.4) is 0 Å². The van der Waals surface area contributed by atoms with E-state index >= 15 is 0 Å². The van der Waals surface area contributed by atoms with Crippen LogP contribution in [-0.4, -0.2) is 37.1 Å². The van der Waals surface area contributed by atoms with Gasteiger partial charge >= 0.3 is 0 Å². The Morgan fingerprint density at radius 2 is 1.93 bits per heavy atom.